The molecular weight excluding hydrogens is 1150 g/mol. The van der Waals surface area contributed by atoms with Gasteiger partial charge in [-0.15, -0.1) is 0 Å². The molecular formula is C84H151NO8. The third kappa shape index (κ3) is 75.7. The van der Waals surface area contributed by atoms with Gasteiger partial charge < -0.3 is 33.3 Å². The van der Waals surface area contributed by atoms with E-state index < -0.39 is 24.3 Å². The lowest BCUT2D eigenvalue weighted by Gasteiger charge is -2.26. The molecule has 0 N–H and O–H groups in total. The molecule has 0 aromatic rings. The first kappa shape index (κ1) is 89.5. The average molecular weight is 1300 g/mol. The number of nitrogens with zero attached hydrogens (tertiary/aromatic N) is 1. The predicted octanol–water partition coefficient (Wildman–Crippen LogP) is 24.0. The van der Waals surface area contributed by atoms with E-state index in [1.54, 1.807) is 0 Å². The Kier molecular flexibility index (Phi) is 71.4. The first-order valence-corrected chi connectivity index (χ1v) is 39.7. The van der Waals surface area contributed by atoms with E-state index in [1.807, 2.05) is 21.1 Å². The third-order valence-electron chi connectivity index (χ3n) is 17.6. The lowest BCUT2D eigenvalue weighted by atomic mass is 10.0. The number of carboxylic acids is 1. The number of carbonyl (C=O) groups excluding carboxylic acids is 3. The number of quaternary nitrogens is 1. The largest absolute Gasteiger partial charge is 0.545 e. The van der Waals surface area contributed by atoms with Crippen molar-refractivity contribution in [1.29, 1.82) is 0 Å². The van der Waals surface area contributed by atoms with Crippen molar-refractivity contribution in [3.05, 3.63) is 85.1 Å². The molecule has 0 spiro atoms. The molecule has 0 heterocycles. The topological polar surface area (TPSA) is 111 Å². The molecule has 0 aromatic carbocycles. The van der Waals surface area contributed by atoms with Crippen LogP contribution in [0.4, 0.5) is 0 Å². The zero-order valence-electron chi connectivity index (χ0n) is 61.9. The van der Waals surface area contributed by atoms with Crippen molar-refractivity contribution in [2.75, 3.05) is 47.5 Å². The van der Waals surface area contributed by atoms with Gasteiger partial charge in [0, 0.05) is 12.8 Å². The van der Waals surface area contributed by atoms with E-state index in [0.29, 0.717) is 23.9 Å². The summed E-state index contributed by atoms with van der Waals surface area (Å²) in [4.78, 5) is 37.6. The fraction of sp³-hybridized carbons (Fsp3) is 0.798. The summed E-state index contributed by atoms with van der Waals surface area (Å²) in [7, 11) is 5.94. The molecule has 0 amide bonds. The predicted molar refractivity (Wildman–Crippen MR) is 398 cm³/mol. The number of allylic oxidation sites excluding steroid dienone is 14. The summed E-state index contributed by atoms with van der Waals surface area (Å²) in [5.74, 6) is -2.26. The number of hydrogen-bond donors (Lipinski definition) is 0. The minimum atomic E-state index is -1.62. The maximum Gasteiger partial charge on any atom is 0.306 e. The van der Waals surface area contributed by atoms with Crippen LogP contribution in [-0.4, -0.2) is 82.3 Å². The van der Waals surface area contributed by atoms with Crippen LogP contribution in [0, 0.1) is 0 Å². The standard InChI is InChI=1S/C84H151NO8/c1-6-8-10-12-14-16-18-20-22-24-26-28-30-32-34-35-36-37-38-39-40-41-42-43-44-45-46-47-49-51-53-55-57-59-61-63-65-67-69-71-73-75-82(87)93-80(79-92-84(83(88)89)90-77-76-85(3,4)5)78-91-81(86)74-72-70-68-66-64-62-60-58-56-54-52-50-48-33-31-29-27-25-23-21-19-17-15-13-11-9-7-2/h8,10,14,16,19-22,25-28,31,33,80,84H,6-7,9,11-13,15,17-18,23-24,29-30,32,34-79H2,1-5H3/b10-8-,16-14-,21-19-,22-20-,27-25-,28-26-,33-31-. The van der Waals surface area contributed by atoms with Gasteiger partial charge in [-0.1, -0.05) is 356 Å². The molecule has 9 nitrogen and oxygen atoms in total. The fourth-order valence-electron chi connectivity index (χ4n) is 11.6. The summed E-state index contributed by atoms with van der Waals surface area (Å²) in [6, 6.07) is 0. The minimum absolute atomic E-state index is 0.148. The van der Waals surface area contributed by atoms with E-state index in [9.17, 15) is 19.5 Å². The maximum absolute atomic E-state index is 13.0. The first-order valence-electron chi connectivity index (χ1n) is 39.7. The van der Waals surface area contributed by atoms with Crippen molar-refractivity contribution >= 4 is 17.9 Å². The Morgan fingerprint density at radius 3 is 0.914 bits per heavy atom. The normalized spacial score (nSPS) is 13.1. The van der Waals surface area contributed by atoms with Gasteiger partial charge in [-0.05, 0) is 89.9 Å². The van der Waals surface area contributed by atoms with Crippen molar-refractivity contribution in [2.45, 2.75) is 386 Å². The lowest BCUT2D eigenvalue weighted by Crippen LogP contribution is -2.44. The highest BCUT2D eigenvalue weighted by atomic mass is 16.7. The fourth-order valence-corrected chi connectivity index (χ4v) is 11.6. The molecule has 0 aliphatic rings. The number of aliphatic carboxylic acids is 1. The van der Waals surface area contributed by atoms with Gasteiger partial charge in [0.1, 0.15) is 13.2 Å². The number of unbranched alkanes of at least 4 members (excludes halogenated alkanes) is 45. The van der Waals surface area contributed by atoms with E-state index in [1.165, 1.54) is 270 Å². The third-order valence-corrected chi connectivity index (χ3v) is 17.6. The number of likely N-dealkylation sites (N-methyl/N-ethyl adjacent to an activating group) is 1. The van der Waals surface area contributed by atoms with Crippen LogP contribution in [0.1, 0.15) is 373 Å². The van der Waals surface area contributed by atoms with Gasteiger partial charge in [0.15, 0.2) is 12.4 Å². The van der Waals surface area contributed by atoms with Gasteiger partial charge in [0.25, 0.3) is 0 Å². The van der Waals surface area contributed by atoms with Crippen LogP contribution in [0.2, 0.25) is 0 Å². The van der Waals surface area contributed by atoms with E-state index in [-0.39, 0.29) is 32.2 Å². The second-order valence-electron chi connectivity index (χ2n) is 28.0. The molecule has 9 heteroatoms. The summed E-state index contributed by atoms with van der Waals surface area (Å²) in [6.45, 7) is 4.67. The van der Waals surface area contributed by atoms with Crippen molar-refractivity contribution in [2.24, 2.45) is 0 Å². The minimum Gasteiger partial charge on any atom is -0.545 e. The molecule has 0 aliphatic carbocycles. The summed E-state index contributed by atoms with van der Waals surface area (Å²) < 4.78 is 22.9. The van der Waals surface area contributed by atoms with Crippen molar-refractivity contribution < 1.29 is 42.9 Å². The Bertz CT molecular complexity index is 1810. The SMILES string of the molecule is CC/C=C\C/C=C\C/C=C\C/C=C\CCCCCCCCCCCCCCCCCCCCCCCCCCCCCCC(=O)OC(COC(=O)CCCCCCCCCCCCCC/C=C\C/C=C\C/C=C\CCCCCCC)COC(OCC[N+](C)(C)C)C(=O)[O-]. The average Bonchev–Trinajstić information content (AvgIpc) is 3.38. The van der Waals surface area contributed by atoms with Gasteiger partial charge in [-0.3, -0.25) is 9.59 Å². The molecule has 2 unspecified atom stereocenters. The lowest BCUT2D eigenvalue weighted by molar-refractivity contribution is -0.870. The Morgan fingerprint density at radius 2 is 0.613 bits per heavy atom. The highest BCUT2D eigenvalue weighted by Crippen LogP contribution is 2.19. The van der Waals surface area contributed by atoms with Crippen LogP contribution in [0.15, 0.2) is 85.1 Å². The van der Waals surface area contributed by atoms with E-state index in [0.717, 1.165) is 70.6 Å². The molecule has 0 fully saturated rings. The Morgan fingerprint density at radius 1 is 0.333 bits per heavy atom. The number of carboxylic acid groups (broad SMARTS) is 1. The summed E-state index contributed by atoms with van der Waals surface area (Å²) in [5, 5.41) is 11.9. The Labute approximate surface area is 576 Å². The molecule has 0 rings (SSSR count). The molecule has 0 aliphatic heterocycles. The highest BCUT2D eigenvalue weighted by molar-refractivity contribution is 5.70. The molecule has 0 radical (unpaired) electrons. The summed E-state index contributed by atoms with van der Waals surface area (Å²) in [6.07, 6.45) is 98.5. The zero-order chi connectivity index (χ0) is 67.5. The van der Waals surface area contributed by atoms with Crippen LogP contribution in [0.5, 0.6) is 0 Å². The molecule has 0 saturated heterocycles. The number of carbonyl (C=O) groups is 3. The van der Waals surface area contributed by atoms with E-state index >= 15 is 0 Å². The number of rotatable bonds is 74. The van der Waals surface area contributed by atoms with Crippen LogP contribution in [-0.2, 0) is 33.3 Å². The second kappa shape index (κ2) is 74.3. The molecule has 0 saturated carbocycles. The molecule has 2 atom stereocenters. The zero-order valence-corrected chi connectivity index (χ0v) is 61.9. The van der Waals surface area contributed by atoms with Crippen LogP contribution >= 0.6 is 0 Å². The van der Waals surface area contributed by atoms with Gasteiger partial charge in [-0.2, -0.15) is 0 Å². The monoisotopic (exact) mass is 1300 g/mol. The van der Waals surface area contributed by atoms with Crippen LogP contribution in [0.3, 0.4) is 0 Å². The first-order chi connectivity index (χ1) is 45.6. The quantitative estimate of drug-likeness (QED) is 0.0195. The highest BCUT2D eigenvalue weighted by Gasteiger charge is 2.22. The van der Waals surface area contributed by atoms with Gasteiger partial charge in [0.2, 0.25) is 0 Å². The van der Waals surface area contributed by atoms with E-state index in [4.69, 9.17) is 18.9 Å². The van der Waals surface area contributed by atoms with Crippen molar-refractivity contribution in [3.8, 4) is 0 Å². The molecule has 540 valence electrons. The summed E-state index contributed by atoms with van der Waals surface area (Å²) >= 11 is 0. The molecule has 93 heavy (non-hydrogen) atoms. The van der Waals surface area contributed by atoms with Crippen molar-refractivity contribution in [1.82, 2.24) is 0 Å². The number of esters is 2. The Hall–Kier alpha value is -3.53. The molecule has 0 aromatic heterocycles. The van der Waals surface area contributed by atoms with Gasteiger partial charge in [-0.25, -0.2) is 0 Å². The number of hydrogen-bond acceptors (Lipinski definition) is 8. The number of ether oxygens (including phenoxy) is 4. The second-order valence-corrected chi connectivity index (χ2v) is 28.0. The molecule has 0 bridgehead atoms. The Balaban J connectivity index is 3.96. The summed E-state index contributed by atoms with van der Waals surface area (Å²) in [5.41, 5.74) is 0. The van der Waals surface area contributed by atoms with Gasteiger partial charge in [0.05, 0.1) is 40.3 Å². The van der Waals surface area contributed by atoms with E-state index in [2.05, 4.69) is 98.9 Å². The van der Waals surface area contributed by atoms with Crippen LogP contribution < -0.4 is 5.11 Å². The van der Waals surface area contributed by atoms with Crippen LogP contribution in [0.25, 0.3) is 0 Å². The van der Waals surface area contributed by atoms with Crippen molar-refractivity contribution in [3.63, 3.8) is 0 Å². The van der Waals surface area contributed by atoms with Gasteiger partial charge >= 0.3 is 11.9 Å². The maximum atomic E-state index is 13.0. The smallest absolute Gasteiger partial charge is 0.306 e.